The Morgan fingerprint density at radius 2 is 2.32 bits per heavy atom. The van der Waals surface area contributed by atoms with Gasteiger partial charge in [0.2, 0.25) is 5.89 Å². The zero-order valence-corrected chi connectivity index (χ0v) is 13.8. The second-order valence-corrected chi connectivity index (χ2v) is 6.65. The molecule has 0 amide bonds. The van der Waals surface area contributed by atoms with Crippen molar-refractivity contribution in [2.24, 2.45) is 0 Å². The summed E-state index contributed by atoms with van der Waals surface area (Å²) < 4.78 is 11.6. The second kappa shape index (κ2) is 7.85. The van der Waals surface area contributed by atoms with Crippen LogP contribution in [0, 0.1) is 0 Å². The van der Waals surface area contributed by atoms with Crippen LogP contribution in [-0.4, -0.2) is 40.9 Å². The average Bonchev–Trinajstić information content (AvgIpc) is 3.19. The third-order valence-electron chi connectivity index (χ3n) is 3.83. The minimum absolute atomic E-state index is 0.347. The first-order chi connectivity index (χ1) is 10.8. The van der Waals surface area contributed by atoms with E-state index in [0.29, 0.717) is 24.4 Å². The van der Waals surface area contributed by atoms with Crippen molar-refractivity contribution >= 4 is 11.3 Å². The quantitative estimate of drug-likeness (QED) is 0.780. The van der Waals surface area contributed by atoms with Crippen LogP contribution in [0.2, 0.25) is 0 Å². The molecule has 2 aromatic heterocycles. The molecule has 0 bridgehead atoms. The van der Waals surface area contributed by atoms with Gasteiger partial charge < -0.3 is 9.15 Å². The van der Waals surface area contributed by atoms with Gasteiger partial charge in [-0.3, -0.25) is 4.90 Å². The summed E-state index contributed by atoms with van der Waals surface area (Å²) in [4.78, 5) is 3.39. The lowest BCUT2D eigenvalue weighted by Gasteiger charge is -2.28. The maximum atomic E-state index is 5.85. The van der Waals surface area contributed by atoms with Gasteiger partial charge in [-0.15, -0.1) is 21.5 Å². The number of thiophene rings is 1. The average molecular weight is 321 g/mol. The fourth-order valence-electron chi connectivity index (χ4n) is 2.80. The Labute approximate surface area is 135 Å². The summed E-state index contributed by atoms with van der Waals surface area (Å²) in [6.45, 7) is 5.76. The van der Waals surface area contributed by atoms with E-state index in [9.17, 15) is 0 Å². The van der Waals surface area contributed by atoms with E-state index in [1.54, 1.807) is 11.3 Å². The smallest absolute Gasteiger partial charge is 0.257 e. The lowest BCUT2D eigenvalue weighted by Crippen LogP contribution is -2.36. The normalized spacial score (nSPS) is 18.9. The Kier molecular flexibility index (Phi) is 5.58. The fraction of sp³-hybridized carbons (Fsp3) is 0.625. The predicted octanol–water partition coefficient (Wildman–Crippen LogP) is 3.58. The lowest BCUT2D eigenvalue weighted by molar-refractivity contribution is -0.00833. The van der Waals surface area contributed by atoms with E-state index >= 15 is 0 Å². The zero-order chi connectivity index (χ0) is 15.2. The van der Waals surface area contributed by atoms with Crippen LogP contribution in [0.25, 0.3) is 10.8 Å². The summed E-state index contributed by atoms with van der Waals surface area (Å²) >= 11 is 1.62. The van der Waals surface area contributed by atoms with Crippen LogP contribution < -0.4 is 0 Å². The molecule has 22 heavy (non-hydrogen) atoms. The van der Waals surface area contributed by atoms with E-state index in [1.165, 1.54) is 12.8 Å². The molecule has 1 aliphatic heterocycles. The predicted molar refractivity (Wildman–Crippen MR) is 86.8 cm³/mol. The molecule has 1 unspecified atom stereocenters. The third kappa shape index (κ3) is 4.15. The van der Waals surface area contributed by atoms with E-state index in [1.807, 2.05) is 17.5 Å². The van der Waals surface area contributed by atoms with Gasteiger partial charge in [-0.05, 0) is 43.7 Å². The van der Waals surface area contributed by atoms with Crippen LogP contribution in [-0.2, 0) is 11.3 Å². The van der Waals surface area contributed by atoms with Gasteiger partial charge in [0.15, 0.2) is 0 Å². The minimum atomic E-state index is 0.347. The molecule has 0 radical (unpaired) electrons. The Morgan fingerprint density at radius 1 is 1.36 bits per heavy atom. The van der Waals surface area contributed by atoms with E-state index in [4.69, 9.17) is 9.15 Å². The van der Waals surface area contributed by atoms with Gasteiger partial charge in [0.05, 0.1) is 17.5 Å². The Morgan fingerprint density at radius 3 is 3.05 bits per heavy atom. The summed E-state index contributed by atoms with van der Waals surface area (Å²) in [7, 11) is 0. The molecule has 1 fully saturated rings. The van der Waals surface area contributed by atoms with Gasteiger partial charge in [-0.25, -0.2) is 0 Å². The Balaban J connectivity index is 1.60. The van der Waals surface area contributed by atoms with Crippen molar-refractivity contribution in [3.8, 4) is 10.8 Å². The molecular weight excluding hydrogens is 298 g/mol. The molecule has 3 rings (SSSR count). The summed E-state index contributed by atoms with van der Waals surface area (Å²) in [5, 5.41) is 10.4. The second-order valence-electron chi connectivity index (χ2n) is 5.70. The summed E-state index contributed by atoms with van der Waals surface area (Å²) in [6, 6.07) is 4.00. The molecule has 3 heterocycles. The maximum Gasteiger partial charge on any atom is 0.257 e. The monoisotopic (exact) mass is 321 g/mol. The van der Waals surface area contributed by atoms with Crippen molar-refractivity contribution in [1.29, 1.82) is 0 Å². The van der Waals surface area contributed by atoms with Crippen molar-refractivity contribution in [2.75, 3.05) is 19.7 Å². The molecule has 0 spiro atoms. The molecule has 1 atom stereocenters. The molecule has 2 aromatic rings. The molecule has 0 saturated carbocycles. The molecular formula is C16H23N3O2S. The molecule has 1 saturated heterocycles. The van der Waals surface area contributed by atoms with Crippen molar-refractivity contribution < 1.29 is 9.15 Å². The van der Waals surface area contributed by atoms with Crippen molar-refractivity contribution in [3.05, 3.63) is 23.4 Å². The topological polar surface area (TPSA) is 51.4 Å². The van der Waals surface area contributed by atoms with E-state index in [0.717, 1.165) is 37.4 Å². The number of hydrogen-bond acceptors (Lipinski definition) is 6. The summed E-state index contributed by atoms with van der Waals surface area (Å²) in [6.07, 6.45) is 5.08. The molecule has 0 N–H and O–H groups in total. The van der Waals surface area contributed by atoms with Crippen LogP contribution in [0.3, 0.4) is 0 Å². The van der Waals surface area contributed by atoms with Crippen molar-refractivity contribution in [2.45, 2.75) is 45.3 Å². The number of rotatable bonds is 7. The highest BCUT2D eigenvalue weighted by Crippen LogP contribution is 2.23. The van der Waals surface area contributed by atoms with E-state index in [2.05, 4.69) is 22.0 Å². The Bertz CT molecular complexity index is 550. The highest BCUT2D eigenvalue weighted by atomic mass is 32.1. The summed E-state index contributed by atoms with van der Waals surface area (Å²) in [5.74, 6) is 1.31. The van der Waals surface area contributed by atoms with Crippen LogP contribution >= 0.6 is 11.3 Å². The highest BCUT2D eigenvalue weighted by molar-refractivity contribution is 7.13. The first-order valence-corrected chi connectivity index (χ1v) is 8.93. The number of ether oxygens (including phenoxy) is 1. The fourth-order valence-corrected chi connectivity index (χ4v) is 3.44. The first kappa shape index (κ1) is 15.6. The molecule has 120 valence electrons. The van der Waals surface area contributed by atoms with Gasteiger partial charge in [0.1, 0.15) is 0 Å². The van der Waals surface area contributed by atoms with Gasteiger partial charge in [0.25, 0.3) is 5.89 Å². The number of aromatic nitrogens is 2. The van der Waals surface area contributed by atoms with Gasteiger partial charge in [0, 0.05) is 13.2 Å². The largest absolute Gasteiger partial charge is 0.419 e. The van der Waals surface area contributed by atoms with Crippen LogP contribution in [0.1, 0.15) is 38.5 Å². The zero-order valence-electron chi connectivity index (χ0n) is 13.0. The first-order valence-electron chi connectivity index (χ1n) is 8.05. The molecule has 6 heteroatoms. The van der Waals surface area contributed by atoms with E-state index < -0.39 is 0 Å². The molecule has 0 aliphatic carbocycles. The van der Waals surface area contributed by atoms with Crippen LogP contribution in [0.4, 0.5) is 0 Å². The molecule has 0 aromatic carbocycles. The highest BCUT2D eigenvalue weighted by Gasteiger charge is 2.19. The molecule has 1 aliphatic rings. The van der Waals surface area contributed by atoms with Gasteiger partial charge in [-0.2, -0.15) is 0 Å². The lowest BCUT2D eigenvalue weighted by atomic mass is 10.1. The SMILES string of the molecule is CCCN(Cc1nnc(-c2cccs2)o1)CC1CCCCO1. The van der Waals surface area contributed by atoms with E-state index in [-0.39, 0.29) is 0 Å². The van der Waals surface area contributed by atoms with Crippen LogP contribution in [0.5, 0.6) is 0 Å². The number of nitrogens with zero attached hydrogens (tertiary/aromatic N) is 3. The van der Waals surface area contributed by atoms with Gasteiger partial charge in [-0.1, -0.05) is 13.0 Å². The minimum Gasteiger partial charge on any atom is -0.419 e. The van der Waals surface area contributed by atoms with Gasteiger partial charge >= 0.3 is 0 Å². The molecule has 5 nitrogen and oxygen atoms in total. The standard InChI is InChI=1S/C16H23N3O2S/c1-2-8-19(11-13-6-3-4-9-20-13)12-15-17-18-16(21-15)14-7-5-10-22-14/h5,7,10,13H,2-4,6,8-9,11-12H2,1H3. The van der Waals surface area contributed by atoms with Crippen LogP contribution in [0.15, 0.2) is 21.9 Å². The van der Waals surface area contributed by atoms with Crippen molar-refractivity contribution in [3.63, 3.8) is 0 Å². The Hall–Kier alpha value is -1.24. The maximum absolute atomic E-state index is 5.85. The van der Waals surface area contributed by atoms with Crippen molar-refractivity contribution in [1.82, 2.24) is 15.1 Å². The summed E-state index contributed by atoms with van der Waals surface area (Å²) in [5.41, 5.74) is 0. The third-order valence-corrected chi connectivity index (χ3v) is 4.69. The number of hydrogen-bond donors (Lipinski definition) is 0.